The van der Waals surface area contributed by atoms with E-state index in [1.54, 1.807) is 0 Å². The molecule has 22 heteroatoms. The SMILES string of the molecule is NC(=O)c1ncn([C@@H]2O[C@H](CO)[C@@H](O)[C@H]2O)n1.NC(=O)c1ncn([C@@H]2O[C@H](OC(=O)P(O)O)[C@@H](O)[C@H]2O)n1. The molecule has 0 saturated carbocycles. The standard InChI is InChI=1S/C8H11N4O8P.C8H12N4O5/c9-4(15)5-10-1-12(11-5)6-2(13)3(14)7(19-6)20-8(16)21(17)18;9-6(16)7-10-2-12(11-7)8-5(15)4(14)3(1-13)17-8/h1-3,6-7,13-14,17-18H,(H2,9,15);2-5,8,13-15H,1H2,(H2,9,16)/t2-,3+,6-,7-;3-,4-,5-,8-/m11/s1. The molecule has 38 heavy (non-hydrogen) atoms. The molecule has 4 rings (SSSR count). The van der Waals surface area contributed by atoms with E-state index in [0.29, 0.717) is 0 Å². The highest BCUT2D eigenvalue weighted by atomic mass is 31.2. The van der Waals surface area contributed by atoms with Crippen LogP contribution in [0.25, 0.3) is 0 Å². The van der Waals surface area contributed by atoms with E-state index in [1.807, 2.05) is 0 Å². The van der Waals surface area contributed by atoms with Crippen LogP contribution in [-0.2, 0) is 14.2 Å². The molecular formula is C16H23N8O13P. The number of nitrogens with zero attached hydrogens (tertiary/aromatic N) is 6. The number of carbonyl (C=O) groups excluding carboxylic acids is 3. The van der Waals surface area contributed by atoms with E-state index >= 15 is 0 Å². The maximum absolute atomic E-state index is 11.0. The molecule has 0 bridgehead atoms. The Labute approximate surface area is 211 Å². The van der Waals surface area contributed by atoms with Crippen LogP contribution in [0.3, 0.4) is 0 Å². The summed E-state index contributed by atoms with van der Waals surface area (Å²) in [5.74, 6) is -2.27. The van der Waals surface area contributed by atoms with E-state index in [0.717, 1.165) is 22.0 Å². The largest absolute Gasteiger partial charge is 0.426 e. The summed E-state index contributed by atoms with van der Waals surface area (Å²) in [7, 11) is -3.01. The minimum atomic E-state index is -3.01. The lowest BCUT2D eigenvalue weighted by Crippen LogP contribution is -2.33. The number of amides is 2. The number of hydrogen-bond acceptors (Lipinski definition) is 17. The van der Waals surface area contributed by atoms with Gasteiger partial charge in [0.05, 0.1) is 6.61 Å². The molecule has 0 aliphatic carbocycles. The zero-order valence-electron chi connectivity index (χ0n) is 18.8. The van der Waals surface area contributed by atoms with Gasteiger partial charge in [-0.15, -0.1) is 10.2 Å². The number of ether oxygens (including phenoxy) is 3. The lowest BCUT2D eigenvalue weighted by atomic mass is 10.1. The Kier molecular flexibility index (Phi) is 9.32. The average Bonchev–Trinajstić information content (AvgIpc) is 3.65. The summed E-state index contributed by atoms with van der Waals surface area (Å²) in [6.07, 6.45) is -8.40. The number of nitrogens with two attached hydrogens (primary N) is 2. The van der Waals surface area contributed by atoms with Crippen LogP contribution in [0.2, 0.25) is 0 Å². The van der Waals surface area contributed by atoms with Crippen molar-refractivity contribution in [2.24, 2.45) is 11.5 Å². The first-order chi connectivity index (χ1) is 17.8. The van der Waals surface area contributed by atoms with Crippen molar-refractivity contribution in [3.8, 4) is 0 Å². The Balaban J connectivity index is 0.000000215. The molecule has 0 spiro atoms. The van der Waals surface area contributed by atoms with Crippen molar-refractivity contribution in [3.63, 3.8) is 0 Å². The van der Waals surface area contributed by atoms with Crippen molar-refractivity contribution in [1.29, 1.82) is 0 Å². The maximum atomic E-state index is 11.0. The number of aliphatic hydroxyl groups is 5. The van der Waals surface area contributed by atoms with E-state index in [1.165, 1.54) is 0 Å². The van der Waals surface area contributed by atoms with Crippen LogP contribution in [0.4, 0.5) is 4.79 Å². The van der Waals surface area contributed by atoms with E-state index in [4.69, 9.17) is 35.8 Å². The zero-order chi connectivity index (χ0) is 28.3. The van der Waals surface area contributed by atoms with Gasteiger partial charge in [0.15, 0.2) is 12.5 Å². The second-order valence-electron chi connectivity index (χ2n) is 7.60. The predicted octanol–water partition coefficient (Wildman–Crippen LogP) is -5.62. The first kappa shape index (κ1) is 29.3. The van der Waals surface area contributed by atoms with Gasteiger partial charge in [-0.25, -0.2) is 24.1 Å². The third-order valence-electron chi connectivity index (χ3n) is 5.07. The highest BCUT2D eigenvalue weighted by molar-refractivity contribution is 7.63. The van der Waals surface area contributed by atoms with Crippen molar-refractivity contribution in [2.75, 3.05) is 6.61 Å². The Morgan fingerprint density at radius 2 is 1.34 bits per heavy atom. The Hall–Kier alpha value is -3.24. The fourth-order valence-corrected chi connectivity index (χ4v) is 3.41. The third kappa shape index (κ3) is 6.24. The van der Waals surface area contributed by atoms with Crippen LogP contribution in [0.1, 0.15) is 33.7 Å². The van der Waals surface area contributed by atoms with Crippen LogP contribution in [0.5, 0.6) is 0 Å². The summed E-state index contributed by atoms with van der Waals surface area (Å²) >= 11 is 0. The molecule has 2 amide bonds. The van der Waals surface area contributed by atoms with Gasteiger partial charge in [0, 0.05) is 0 Å². The highest BCUT2D eigenvalue weighted by Crippen LogP contribution is 2.34. The van der Waals surface area contributed by atoms with Gasteiger partial charge in [0.1, 0.15) is 43.2 Å². The molecule has 2 aliphatic heterocycles. The quantitative estimate of drug-likeness (QED) is 0.141. The van der Waals surface area contributed by atoms with Crippen LogP contribution < -0.4 is 11.5 Å². The monoisotopic (exact) mass is 566 g/mol. The van der Waals surface area contributed by atoms with Crippen molar-refractivity contribution < 1.29 is 63.9 Å². The van der Waals surface area contributed by atoms with Crippen molar-refractivity contribution in [2.45, 2.75) is 49.3 Å². The van der Waals surface area contributed by atoms with Gasteiger partial charge in [0.2, 0.25) is 17.9 Å². The van der Waals surface area contributed by atoms with Gasteiger partial charge in [-0.3, -0.25) is 9.59 Å². The molecule has 21 nitrogen and oxygen atoms in total. The van der Waals surface area contributed by atoms with Crippen LogP contribution in [0, 0.1) is 0 Å². The van der Waals surface area contributed by atoms with Crippen LogP contribution in [-0.4, -0.2) is 126 Å². The topological polar surface area (TPSA) is 334 Å². The van der Waals surface area contributed by atoms with Crippen molar-refractivity contribution >= 4 is 25.9 Å². The lowest BCUT2D eigenvalue weighted by Gasteiger charge is -2.14. The molecule has 8 atom stereocenters. The number of hydrogen-bond donors (Lipinski definition) is 9. The van der Waals surface area contributed by atoms with Crippen molar-refractivity contribution in [3.05, 3.63) is 24.3 Å². The summed E-state index contributed by atoms with van der Waals surface area (Å²) in [4.78, 5) is 57.1. The molecule has 2 aromatic heterocycles. The number of aliphatic hydroxyl groups excluding tert-OH is 5. The van der Waals surface area contributed by atoms with Gasteiger partial charge in [-0.2, -0.15) is 0 Å². The molecular weight excluding hydrogens is 543 g/mol. The number of aromatic nitrogens is 6. The van der Waals surface area contributed by atoms with Crippen molar-refractivity contribution in [1.82, 2.24) is 29.5 Å². The van der Waals surface area contributed by atoms with Gasteiger partial charge in [0.25, 0.3) is 20.2 Å². The number of rotatable bonds is 7. The summed E-state index contributed by atoms with van der Waals surface area (Å²) in [5.41, 5.74) is 8.53. The fourth-order valence-electron chi connectivity index (χ4n) is 3.21. The number of carbonyl (C=O) groups is 3. The highest BCUT2D eigenvalue weighted by Gasteiger charge is 2.47. The van der Waals surface area contributed by atoms with E-state index in [9.17, 15) is 34.8 Å². The number of primary amides is 2. The molecule has 2 saturated heterocycles. The molecule has 2 aromatic rings. The summed E-state index contributed by atoms with van der Waals surface area (Å²) in [6, 6.07) is 0. The van der Waals surface area contributed by atoms with E-state index < -0.39 is 81.8 Å². The first-order valence-electron chi connectivity index (χ1n) is 10.3. The fraction of sp³-hybridized carbons (Fsp3) is 0.562. The molecule has 0 radical (unpaired) electrons. The molecule has 4 heterocycles. The Bertz CT molecular complexity index is 1150. The van der Waals surface area contributed by atoms with E-state index in [2.05, 4.69) is 24.9 Å². The third-order valence-corrected chi connectivity index (χ3v) is 5.50. The lowest BCUT2D eigenvalue weighted by molar-refractivity contribution is -0.141. The molecule has 0 unspecified atom stereocenters. The summed E-state index contributed by atoms with van der Waals surface area (Å²) in [6.45, 7) is -0.438. The summed E-state index contributed by atoms with van der Waals surface area (Å²) in [5, 5.41) is 54.9. The molecule has 11 N–H and O–H groups in total. The van der Waals surface area contributed by atoms with E-state index in [-0.39, 0.29) is 11.6 Å². The second-order valence-corrected chi connectivity index (χ2v) is 8.55. The Morgan fingerprint density at radius 1 is 0.868 bits per heavy atom. The van der Waals surface area contributed by atoms with Gasteiger partial charge in [-0.1, -0.05) is 0 Å². The minimum Gasteiger partial charge on any atom is -0.426 e. The second kappa shape index (κ2) is 12.1. The Morgan fingerprint density at radius 3 is 1.74 bits per heavy atom. The molecule has 210 valence electrons. The maximum Gasteiger partial charge on any atom is 0.386 e. The first-order valence-corrected chi connectivity index (χ1v) is 11.5. The van der Waals surface area contributed by atoms with Gasteiger partial charge >= 0.3 is 5.71 Å². The molecule has 2 aliphatic rings. The van der Waals surface area contributed by atoms with Crippen LogP contribution >= 0.6 is 8.38 Å². The predicted molar refractivity (Wildman–Crippen MR) is 114 cm³/mol. The molecule has 2 fully saturated rings. The smallest absolute Gasteiger partial charge is 0.386 e. The van der Waals surface area contributed by atoms with Crippen LogP contribution in [0.15, 0.2) is 12.7 Å². The normalized spacial score (nSPS) is 30.6. The zero-order valence-corrected chi connectivity index (χ0v) is 19.7. The van der Waals surface area contributed by atoms with Gasteiger partial charge in [-0.05, 0) is 0 Å². The molecule has 0 aromatic carbocycles. The minimum absolute atomic E-state index is 0.220. The van der Waals surface area contributed by atoms with Gasteiger partial charge < -0.3 is 61.0 Å². The summed E-state index contributed by atoms with van der Waals surface area (Å²) < 4.78 is 16.7. The average molecular weight is 566 g/mol.